The quantitative estimate of drug-likeness (QED) is 0.505. The van der Waals surface area contributed by atoms with E-state index in [-0.39, 0.29) is 30.4 Å². The topological polar surface area (TPSA) is 87.5 Å². The molecule has 1 saturated heterocycles. The fraction of sp³-hybridized carbons (Fsp3) is 0.348. The molecule has 2 aromatic carbocycles. The second kappa shape index (κ2) is 9.80. The van der Waals surface area contributed by atoms with Crippen LogP contribution in [0.3, 0.4) is 0 Å². The Bertz CT molecular complexity index is 1130. The Kier molecular flexibility index (Phi) is 6.45. The molecule has 8 nitrogen and oxygen atoms in total. The summed E-state index contributed by atoms with van der Waals surface area (Å²) in [6, 6.07) is 11.8. The van der Waals surface area contributed by atoms with Crippen LogP contribution in [0.1, 0.15) is 18.4 Å². The summed E-state index contributed by atoms with van der Waals surface area (Å²) in [5.41, 5.74) is 1.69. The minimum Gasteiger partial charge on any atom is -0.454 e. The molecule has 3 aromatic rings. The third-order valence-electron chi connectivity index (χ3n) is 5.49. The molecule has 0 radical (unpaired) electrons. The van der Waals surface area contributed by atoms with Crippen molar-refractivity contribution in [2.24, 2.45) is 0 Å². The Morgan fingerprint density at radius 3 is 2.82 bits per heavy atom. The Morgan fingerprint density at radius 2 is 2.00 bits per heavy atom. The molecule has 1 N–H and O–H groups in total. The van der Waals surface area contributed by atoms with Gasteiger partial charge in [-0.3, -0.25) is 9.36 Å². The lowest BCUT2D eigenvalue weighted by atomic mass is 10.2. The van der Waals surface area contributed by atoms with Gasteiger partial charge in [-0.05, 0) is 54.8 Å². The Labute approximate surface area is 194 Å². The summed E-state index contributed by atoms with van der Waals surface area (Å²) < 4.78 is 31.8. The largest absolute Gasteiger partial charge is 0.454 e. The lowest BCUT2D eigenvalue weighted by molar-refractivity contribution is -0.118. The first-order valence-electron chi connectivity index (χ1n) is 10.7. The van der Waals surface area contributed by atoms with Crippen molar-refractivity contribution in [2.75, 3.05) is 19.2 Å². The monoisotopic (exact) mass is 470 g/mol. The normalized spacial score (nSPS) is 16.8. The number of hydrogen-bond donors (Lipinski definition) is 1. The van der Waals surface area contributed by atoms with E-state index in [1.165, 1.54) is 23.9 Å². The summed E-state index contributed by atoms with van der Waals surface area (Å²) in [6.07, 6.45) is 2.05. The summed E-state index contributed by atoms with van der Waals surface area (Å²) in [5.74, 6) is 1.80. The highest BCUT2D eigenvalue weighted by Gasteiger charge is 2.22. The number of carbonyl (C=O) groups is 1. The van der Waals surface area contributed by atoms with E-state index in [9.17, 15) is 9.18 Å². The number of ether oxygens (including phenoxy) is 3. The number of nitrogens with zero attached hydrogens (tertiary/aromatic N) is 3. The molecule has 1 atom stereocenters. The minimum absolute atomic E-state index is 0.0689. The zero-order valence-corrected chi connectivity index (χ0v) is 18.6. The number of hydrogen-bond acceptors (Lipinski definition) is 7. The Morgan fingerprint density at radius 1 is 1.15 bits per heavy atom. The van der Waals surface area contributed by atoms with Gasteiger partial charge in [-0.15, -0.1) is 10.2 Å². The minimum atomic E-state index is -0.308. The van der Waals surface area contributed by atoms with Crippen LogP contribution < -0.4 is 14.8 Å². The number of nitrogens with one attached hydrogen (secondary N) is 1. The molecule has 0 bridgehead atoms. The molecule has 2 aliphatic heterocycles. The molecular formula is C23H23FN4O4S. The van der Waals surface area contributed by atoms with E-state index in [4.69, 9.17) is 14.2 Å². The standard InChI is InChI=1S/C23H23FN4O4S/c24-17-6-4-16(5-7-17)22-26-27-23(28(22)12-18-2-1-9-30-18)33-13-21(29)25-11-15-3-8-19-20(10-15)32-14-31-19/h3-8,10,18H,1-2,9,11-14H2,(H,25,29)/t18-/m0/s1. The van der Waals surface area contributed by atoms with E-state index < -0.39 is 0 Å². The number of halogens is 1. The molecule has 172 valence electrons. The van der Waals surface area contributed by atoms with Crippen molar-refractivity contribution in [3.63, 3.8) is 0 Å². The van der Waals surface area contributed by atoms with Gasteiger partial charge in [0.15, 0.2) is 22.5 Å². The smallest absolute Gasteiger partial charge is 0.231 e. The van der Waals surface area contributed by atoms with Crippen molar-refractivity contribution < 1.29 is 23.4 Å². The third kappa shape index (κ3) is 5.12. The van der Waals surface area contributed by atoms with Gasteiger partial charge in [0.1, 0.15) is 5.82 Å². The maximum atomic E-state index is 13.4. The molecule has 0 spiro atoms. The molecule has 1 aromatic heterocycles. The first-order chi connectivity index (χ1) is 16.2. The van der Waals surface area contributed by atoms with Crippen molar-refractivity contribution in [2.45, 2.75) is 37.2 Å². The van der Waals surface area contributed by atoms with Gasteiger partial charge in [0.2, 0.25) is 12.7 Å². The van der Waals surface area contributed by atoms with Crippen LogP contribution in [0, 0.1) is 5.82 Å². The fourth-order valence-corrected chi connectivity index (χ4v) is 4.57. The highest BCUT2D eigenvalue weighted by molar-refractivity contribution is 7.99. The first-order valence-corrected chi connectivity index (χ1v) is 11.7. The molecule has 5 rings (SSSR count). The van der Waals surface area contributed by atoms with Gasteiger partial charge >= 0.3 is 0 Å². The lowest BCUT2D eigenvalue weighted by Gasteiger charge is -2.14. The van der Waals surface area contributed by atoms with Crippen molar-refractivity contribution in [3.8, 4) is 22.9 Å². The molecule has 1 fully saturated rings. The second-order valence-corrected chi connectivity index (χ2v) is 8.75. The number of rotatable bonds is 8. The van der Waals surface area contributed by atoms with Gasteiger partial charge < -0.3 is 19.5 Å². The van der Waals surface area contributed by atoms with Gasteiger partial charge in [-0.1, -0.05) is 17.8 Å². The van der Waals surface area contributed by atoms with E-state index in [2.05, 4.69) is 15.5 Å². The number of fused-ring (bicyclic) bond motifs is 1. The average molecular weight is 471 g/mol. The van der Waals surface area contributed by atoms with Crippen molar-refractivity contribution >= 4 is 17.7 Å². The Balaban J connectivity index is 1.24. The Hall–Kier alpha value is -3.11. The SMILES string of the molecule is O=C(CSc1nnc(-c2ccc(F)cc2)n1C[C@@H]1CCCO1)NCc1ccc2c(c1)OCO2. The van der Waals surface area contributed by atoms with E-state index >= 15 is 0 Å². The summed E-state index contributed by atoms with van der Waals surface area (Å²) in [4.78, 5) is 12.5. The summed E-state index contributed by atoms with van der Waals surface area (Å²) in [5, 5.41) is 12.2. The molecule has 33 heavy (non-hydrogen) atoms. The van der Waals surface area contributed by atoms with Crippen LogP contribution in [0.5, 0.6) is 11.5 Å². The van der Waals surface area contributed by atoms with Crippen LogP contribution in [0.4, 0.5) is 4.39 Å². The third-order valence-corrected chi connectivity index (χ3v) is 6.46. The highest BCUT2D eigenvalue weighted by Crippen LogP contribution is 2.32. The number of aromatic nitrogens is 3. The number of thioether (sulfide) groups is 1. The number of benzene rings is 2. The first kappa shape index (κ1) is 21.7. The van der Waals surface area contributed by atoms with Gasteiger partial charge in [-0.25, -0.2) is 4.39 Å². The fourth-order valence-electron chi connectivity index (χ4n) is 3.80. The molecule has 0 unspecified atom stereocenters. The van der Waals surface area contributed by atoms with E-state index in [0.29, 0.717) is 35.6 Å². The van der Waals surface area contributed by atoms with Crippen molar-refractivity contribution in [3.05, 3.63) is 53.8 Å². The molecule has 0 saturated carbocycles. The predicted octanol–water partition coefficient (Wildman–Crippen LogP) is 3.40. The molecule has 3 heterocycles. The van der Waals surface area contributed by atoms with E-state index in [1.807, 2.05) is 22.8 Å². The number of carbonyl (C=O) groups excluding carboxylic acids is 1. The van der Waals surface area contributed by atoms with Gasteiger partial charge in [0.05, 0.1) is 18.4 Å². The average Bonchev–Trinajstić information content (AvgIpc) is 3.58. The van der Waals surface area contributed by atoms with E-state index in [1.54, 1.807) is 12.1 Å². The van der Waals surface area contributed by atoms with Gasteiger partial charge in [0, 0.05) is 18.7 Å². The zero-order chi connectivity index (χ0) is 22.6. The highest BCUT2D eigenvalue weighted by atomic mass is 32.2. The molecule has 0 aliphatic carbocycles. The van der Waals surface area contributed by atoms with Crippen LogP contribution in [0.25, 0.3) is 11.4 Å². The maximum absolute atomic E-state index is 13.4. The van der Waals surface area contributed by atoms with Crippen LogP contribution in [0.15, 0.2) is 47.6 Å². The van der Waals surface area contributed by atoms with E-state index in [0.717, 1.165) is 30.6 Å². The van der Waals surface area contributed by atoms with Crippen LogP contribution in [0.2, 0.25) is 0 Å². The second-order valence-electron chi connectivity index (χ2n) is 7.81. The van der Waals surface area contributed by atoms with Gasteiger partial charge in [0.25, 0.3) is 0 Å². The zero-order valence-electron chi connectivity index (χ0n) is 17.8. The summed E-state index contributed by atoms with van der Waals surface area (Å²) in [6.45, 7) is 1.93. The number of amides is 1. The van der Waals surface area contributed by atoms with Crippen LogP contribution >= 0.6 is 11.8 Å². The molecule has 2 aliphatic rings. The lowest BCUT2D eigenvalue weighted by Crippen LogP contribution is -2.25. The van der Waals surface area contributed by atoms with Crippen LogP contribution in [-0.4, -0.2) is 45.9 Å². The van der Waals surface area contributed by atoms with Crippen molar-refractivity contribution in [1.82, 2.24) is 20.1 Å². The molecular weight excluding hydrogens is 447 g/mol. The summed E-state index contributed by atoms with van der Waals surface area (Å²) >= 11 is 1.32. The van der Waals surface area contributed by atoms with Crippen LogP contribution in [-0.2, 0) is 22.6 Å². The van der Waals surface area contributed by atoms with Gasteiger partial charge in [-0.2, -0.15) is 0 Å². The molecule has 10 heteroatoms. The maximum Gasteiger partial charge on any atom is 0.231 e. The molecule has 1 amide bonds. The summed E-state index contributed by atoms with van der Waals surface area (Å²) in [7, 11) is 0. The predicted molar refractivity (Wildman–Crippen MR) is 120 cm³/mol. The van der Waals surface area contributed by atoms with Crippen molar-refractivity contribution in [1.29, 1.82) is 0 Å².